The van der Waals surface area contributed by atoms with E-state index in [4.69, 9.17) is 0 Å². The highest BCUT2D eigenvalue weighted by molar-refractivity contribution is 5.80. The van der Waals surface area contributed by atoms with Gasteiger partial charge in [-0.1, -0.05) is 13.3 Å². The number of nitrogens with zero attached hydrogens (tertiary/aromatic N) is 2. The second-order valence-corrected chi connectivity index (χ2v) is 5.68. The fourth-order valence-electron chi connectivity index (χ4n) is 2.97. The van der Waals surface area contributed by atoms with Gasteiger partial charge >= 0.3 is 0 Å². The molecule has 1 saturated heterocycles. The standard InChI is InChI=1S/C13H25N3O/c1-4-6-11-14-9-12(17)16(11)10-13(15(2)3)7-5-8-13/h11,14H,4-10H2,1-3H3. The molecule has 0 bridgehead atoms. The van der Waals surface area contributed by atoms with Crippen LogP contribution in [0.2, 0.25) is 0 Å². The van der Waals surface area contributed by atoms with E-state index < -0.39 is 0 Å². The molecule has 4 heteroatoms. The maximum absolute atomic E-state index is 11.9. The highest BCUT2D eigenvalue weighted by Crippen LogP contribution is 2.37. The van der Waals surface area contributed by atoms with Gasteiger partial charge in [0.1, 0.15) is 0 Å². The van der Waals surface area contributed by atoms with Gasteiger partial charge < -0.3 is 9.80 Å². The van der Waals surface area contributed by atoms with E-state index in [1.165, 1.54) is 19.3 Å². The molecule has 98 valence electrons. The van der Waals surface area contributed by atoms with Crippen molar-refractivity contribution in [2.75, 3.05) is 27.2 Å². The largest absolute Gasteiger partial charge is 0.324 e. The van der Waals surface area contributed by atoms with Crippen LogP contribution in [0.1, 0.15) is 39.0 Å². The predicted octanol–water partition coefficient (Wildman–Crippen LogP) is 1.03. The van der Waals surface area contributed by atoms with Crippen LogP contribution in [0.15, 0.2) is 0 Å². The van der Waals surface area contributed by atoms with Gasteiger partial charge in [-0.25, -0.2) is 0 Å². The Morgan fingerprint density at radius 1 is 1.47 bits per heavy atom. The summed E-state index contributed by atoms with van der Waals surface area (Å²) in [6.07, 6.45) is 6.20. The van der Waals surface area contributed by atoms with Crippen molar-refractivity contribution in [3.8, 4) is 0 Å². The Morgan fingerprint density at radius 2 is 2.18 bits per heavy atom. The molecule has 2 rings (SSSR count). The van der Waals surface area contributed by atoms with E-state index in [0.29, 0.717) is 6.54 Å². The van der Waals surface area contributed by atoms with Crippen LogP contribution in [-0.4, -0.2) is 54.6 Å². The van der Waals surface area contributed by atoms with Gasteiger partial charge in [-0.15, -0.1) is 0 Å². The summed E-state index contributed by atoms with van der Waals surface area (Å²) in [4.78, 5) is 16.3. The molecule has 1 aliphatic carbocycles. The molecular formula is C13H25N3O. The van der Waals surface area contributed by atoms with Crippen molar-refractivity contribution in [3.63, 3.8) is 0 Å². The van der Waals surface area contributed by atoms with Gasteiger partial charge in [-0.05, 0) is 39.8 Å². The molecule has 1 heterocycles. The van der Waals surface area contributed by atoms with Crippen LogP contribution in [0.3, 0.4) is 0 Å². The number of rotatable bonds is 5. The lowest BCUT2D eigenvalue weighted by Gasteiger charge is -2.50. The Hall–Kier alpha value is -0.610. The molecule has 1 atom stereocenters. The highest BCUT2D eigenvalue weighted by Gasteiger charge is 2.44. The Kier molecular flexibility index (Phi) is 3.73. The van der Waals surface area contributed by atoms with Crippen LogP contribution in [0.25, 0.3) is 0 Å². The van der Waals surface area contributed by atoms with Crippen molar-refractivity contribution in [2.45, 2.75) is 50.7 Å². The zero-order valence-electron chi connectivity index (χ0n) is 11.3. The summed E-state index contributed by atoms with van der Waals surface area (Å²) in [6.45, 7) is 3.60. The molecule has 17 heavy (non-hydrogen) atoms. The molecule has 0 radical (unpaired) electrons. The minimum atomic E-state index is 0.244. The summed E-state index contributed by atoms with van der Waals surface area (Å²) in [5, 5.41) is 3.32. The summed E-state index contributed by atoms with van der Waals surface area (Å²) < 4.78 is 0. The third kappa shape index (κ3) is 2.33. The topological polar surface area (TPSA) is 35.6 Å². The summed E-state index contributed by atoms with van der Waals surface area (Å²) in [5.41, 5.74) is 0.244. The highest BCUT2D eigenvalue weighted by atomic mass is 16.2. The van der Waals surface area contributed by atoms with Gasteiger partial charge in [-0.3, -0.25) is 10.1 Å². The fraction of sp³-hybridized carbons (Fsp3) is 0.923. The van der Waals surface area contributed by atoms with Crippen LogP contribution in [-0.2, 0) is 4.79 Å². The maximum Gasteiger partial charge on any atom is 0.237 e. The van der Waals surface area contributed by atoms with Crippen molar-refractivity contribution >= 4 is 5.91 Å². The summed E-state index contributed by atoms with van der Waals surface area (Å²) >= 11 is 0. The van der Waals surface area contributed by atoms with Crippen molar-refractivity contribution in [1.29, 1.82) is 0 Å². The molecule has 0 spiro atoms. The first-order valence-electron chi connectivity index (χ1n) is 6.79. The number of likely N-dealkylation sites (N-methyl/N-ethyl adjacent to an activating group) is 1. The Morgan fingerprint density at radius 3 is 2.65 bits per heavy atom. The lowest BCUT2D eigenvalue weighted by atomic mass is 9.75. The molecule has 0 aromatic heterocycles. The molecule has 1 saturated carbocycles. The summed E-state index contributed by atoms with van der Waals surface area (Å²) in [5.74, 6) is 0.275. The second-order valence-electron chi connectivity index (χ2n) is 5.68. The Bertz CT molecular complexity index is 286. The van der Waals surface area contributed by atoms with E-state index in [2.05, 4.69) is 36.1 Å². The zero-order valence-corrected chi connectivity index (χ0v) is 11.3. The molecule has 1 aliphatic heterocycles. The molecule has 4 nitrogen and oxygen atoms in total. The molecular weight excluding hydrogens is 214 g/mol. The van der Waals surface area contributed by atoms with Crippen molar-refractivity contribution in [1.82, 2.24) is 15.1 Å². The second kappa shape index (κ2) is 4.94. The van der Waals surface area contributed by atoms with Crippen molar-refractivity contribution in [3.05, 3.63) is 0 Å². The van der Waals surface area contributed by atoms with Crippen LogP contribution < -0.4 is 5.32 Å². The van der Waals surface area contributed by atoms with Gasteiger partial charge in [0.15, 0.2) is 0 Å². The third-order valence-electron chi connectivity index (χ3n) is 4.45. The molecule has 1 N–H and O–H groups in total. The Labute approximate surface area is 104 Å². The summed E-state index contributed by atoms with van der Waals surface area (Å²) in [7, 11) is 4.28. The lowest BCUT2D eigenvalue weighted by molar-refractivity contribution is -0.131. The van der Waals surface area contributed by atoms with E-state index in [-0.39, 0.29) is 17.6 Å². The number of hydrogen-bond acceptors (Lipinski definition) is 3. The Balaban J connectivity index is 2.02. The molecule has 0 aromatic rings. The number of amides is 1. The van der Waals surface area contributed by atoms with Gasteiger partial charge in [0, 0.05) is 12.1 Å². The van der Waals surface area contributed by atoms with E-state index in [9.17, 15) is 4.79 Å². The lowest BCUT2D eigenvalue weighted by Crippen LogP contribution is -2.59. The van der Waals surface area contributed by atoms with E-state index >= 15 is 0 Å². The molecule has 1 amide bonds. The quantitative estimate of drug-likeness (QED) is 0.778. The predicted molar refractivity (Wildman–Crippen MR) is 68.7 cm³/mol. The average Bonchev–Trinajstić information content (AvgIpc) is 2.54. The van der Waals surface area contributed by atoms with Gasteiger partial charge in [0.05, 0.1) is 12.7 Å². The third-order valence-corrected chi connectivity index (χ3v) is 4.45. The van der Waals surface area contributed by atoms with E-state index in [1.807, 2.05) is 0 Å². The van der Waals surface area contributed by atoms with E-state index in [1.54, 1.807) is 0 Å². The van der Waals surface area contributed by atoms with Crippen molar-refractivity contribution in [2.24, 2.45) is 0 Å². The molecule has 2 aliphatic rings. The summed E-state index contributed by atoms with van der Waals surface area (Å²) in [6, 6.07) is 0. The minimum absolute atomic E-state index is 0.244. The molecule has 1 unspecified atom stereocenters. The normalized spacial score (nSPS) is 27.6. The fourth-order valence-corrected chi connectivity index (χ4v) is 2.97. The first-order valence-corrected chi connectivity index (χ1v) is 6.79. The van der Waals surface area contributed by atoms with Crippen LogP contribution in [0, 0.1) is 0 Å². The number of hydrogen-bond donors (Lipinski definition) is 1. The van der Waals surface area contributed by atoms with Crippen LogP contribution in [0.5, 0.6) is 0 Å². The number of carbonyl (C=O) groups excluding carboxylic acids is 1. The zero-order chi connectivity index (χ0) is 12.5. The maximum atomic E-state index is 11.9. The molecule has 2 fully saturated rings. The minimum Gasteiger partial charge on any atom is -0.324 e. The van der Waals surface area contributed by atoms with Crippen molar-refractivity contribution < 1.29 is 4.79 Å². The first-order chi connectivity index (χ1) is 8.09. The monoisotopic (exact) mass is 239 g/mol. The van der Waals surface area contributed by atoms with Gasteiger partial charge in [-0.2, -0.15) is 0 Å². The SMILES string of the molecule is CCCC1NCC(=O)N1CC1(N(C)C)CCC1. The number of nitrogens with one attached hydrogen (secondary N) is 1. The molecule has 0 aromatic carbocycles. The van der Waals surface area contributed by atoms with Crippen LogP contribution in [0.4, 0.5) is 0 Å². The van der Waals surface area contributed by atoms with Gasteiger partial charge in [0.2, 0.25) is 5.91 Å². The van der Waals surface area contributed by atoms with Gasteiger partial charge in [0.25, 0.3) is 0 Å². The first kappa shape index (κ1) is 12.8. The smallest absolute Gasteiger partial charge is 0.237 e. The number of carbonyl (C=O) groups is 1. The van der Waals surface area contributed by atoms with Crippen LogP contribution >= 0.6 is 0 Å². The van der Waals surface area contributed by atoms with E-state index in [0.717, 1.165) is 19.4 Å². The average molecular weight is 239 g/mol.